The maximum atomic E-state index is 4.05. The van der Waals surface area contributed by atoms with E-state index >= 15 is 0 Å². The Kier molecular flexibility index (Phi) is 8.70. The molecule has 118 valence electrons. The van der Waals surface area contributed by atoms with E-state index in [1.807, 2.05) is 0 Å². The lowest BCUT2D eigenvalue weighted by Gasteiger charge is -2.25. The summed E-state index contributed by atoms with van der Waals surface area (Å²) < 4.78 is 0. The fourth-order valence-electron chi connectivity index (χ4n) is 4.11. The highest BCUT2D eigenvalue weighted by Gasteiger charge is 2.16. The maximum Gasteiger partial charge on any atom is 0.00696 e. The van der Waals surface area contributed by atoms with Gasteiger partial charge >= 0.3 is 0 Å². The first-order chi connectivity index (χ1) is 9.95. The van der Waals surface area contributed by atoms with Gasteiger partial charge in [-0.2, -0.15) is 0 Å². The van der Waals surface area contributed by atoms with Crippen LogP contribution >= 0.6 is 0 Å². The van der Waals surface area contributed by atoms with Crippen LogP contribution in [0.15, 0.2) is 0 Å². The summed E-state index contributed by atoms with van der Waals surface area (Å²) in [5.41, 5.74) is 0. The Morgan fingerprint density at radius 3 is 0.900 bits per heavy atom. The highest BCUT2D eigenvalue weighted by Crippen LogP contribution is 2.21. The summed E-state index contributed by atoms with van der Waals surface area (Å²) in [6.45, 7) is 0. The predicted octanol–water partition coefficient (Wildman–Crippen LogP) is 5.97. The summed E-state index contributed by atoms with van der Waals surface area (Å²) >= 11 is 0. The molecule has 1 nitrogen and oxygen atoms in total. The van der Waals surface area contributed by atoms with Crippen LogP contribution in [0.2, 0.25) is 0 Å². The van der Waals surface area contributed by atoms with Crippen molar-refractivity contribution in [3.8, 4) is 0 Å². The van der Waals surface area contributed by atoms with Gasteiger partial charge in [-0.25, -0.2) is 0 Å². The van der Waals surface area contributed by atoms with E-state index in [-0.39, 0.29) is 0 Å². The largest absolute Gasteiger partial charge is 0.311 e. The molecule has 0 unspecified atom stereocenters. The van der Waals surface area contributed by atoms with Crippen molar-refractivity contribution in [3.05, 3.63) is 0 Å². The van der Waals surface area contributed by atoms with Crippen LogP contribution in [-0.4, -0.2) is 12.1 Å². The predicted molar refractivity (Wildman–Crippen MR) is 89.2 cm³/mol. The Hall–Kier alpha value is -0.0400. The molecule has 0 aromatic heterocycles. The minimum atomic E-state index is 0.831. The minimum Gasteiger partial charge on any atom is -0.311 e. The summed E-state index contributed by atoms with van der Waals surface area (Å²) in [4.78, 5) is 0. The van der Waals surface area contributed by atoms with Crippen molar-refractivity contribution < 1.29 is 0 Å². The molecule has 2 fully saturated rings. The van der Waals surface area contributed by atoms with Gasteiger partial charge < -0.3 is 5.32 Å². The van der Waals surface area contributed by atoms with Gasteiger partial charge in [0.25, 0.3) is 0 Å². The van der Waals surface area contributed by atoms with Crippen LogP contribution in [0.1, 0.15) is 109 Å². The molecule has 20 heavy (non-hydrogen) atoms. The zero-order valence-corrected chi connectivity index (χ0v) is 13.7. The number of hydrogen-bond donors (Lipinski definition) is 1. The van der Waals surface area contributed by atoms with Crippen LogP contribution < -0.4 is 5.32 Å². The van der Waals surface area contributed by atoms with E-state index in [9.17, 15) is 0 Å². The second-order valence-electron chi connectivity index (χ2n) is 7.31. The standard InChI is InChI=1S/C19H37N/c1-2-4-6-10-14-18(15-11-7-5-3-1)20-19-16-12-8-9-13-17-19/h18-20H,1-17H2. The van der Waals surface area contributed by atoms with Gasteiger partial charge in [-0.1, -0.05) is 83.5 Å². The molecule has 0 aromatic carbocycles. The topological polar surface area (TPSA) is 12.0 Å². The van der Waals surface area contributed by atoms with Crippen LogP contribution in [0.25, 0.3) is 0 Å². The Morgan fingerprint density at radius 2 is 0.600 bits per heavy atom. The molecule has 2 aliphatic rings. The van der Waals surface area contributed by atoms with Crippen molar-refractivity contribution in [2.24, 2.45) is 0 Å². The molecular formula is C19H37N. The first-order valence-corrected chi connectivity index (χ1v) is 9.71. The zero-order chi connectivity index (χ0) is 13.9. The van der Waals surface area contributed by atoms with Gasteiger partial charge in [-0.05, 0) is 25.7 Å². The van der Waals surface area contributed by atoms with Crippen molar-refractivity contribution in [3.63, 3.8) is 0 Å². The quantitative estimate of drug-likeness (QED) is 0.614. The van der Waals surface area contributed by atoms with Crippen LogP contribution in [0.5, 0.6) is 0 Å². The highest BCUT2D eigenvalue weighted by atomic mass is 14.9. The molecule has 2 rings (SSSR count). The molecule has 2 saturated carbocycles. The summed E-state index contributed by atoms with van der Waals surface area (Å²) in [7, 11) is 0. The van der Waals surface area contributed by atoms with Crippen LogP contribution in [0.4, 0.5) is 0 Å². The number of rotatable bonds is 2. The van der Waals surface area contributed by atoms with Gasteiger partial charge in [0.05, 0.1) is 0 Å². The van der Waals surface area contributed by atoms with Crippen LogP contribution in [0.3, 0.4) is 0 Å². The monoisotopic (exact) mass is 279 g/mol. The Morgan fingerprint density at radius 1 is 0.350 bits per heavy atom. The summed E-state index contributed by atoms with van der Waals surface area (Å²) in [6, 6.07) is 1.67. The van der Waals surface area contributed by atoms with Gasteiger partial charge in [0, 0.05) is 12.1 Å². The molecule has 1 heteroatoms. The molecule has 0 aromatic rings. The molecule has 0 heterocycles. The molecule has 2 aliphatic carbocycles. The zero-order valence-electron chi connectivity index (χ0n) is 13.7. The average molecular weight is 280 g/mol. The van der Waals surface area contributed by atoms with E-state index in [0.29, 0.717) is 0 Å². The first-order valence-electron chi connectivity index (χ1n) is 9.71. The molecule has 0 bridgehead atoms. The second-order valence-corrected chi connectivity index (χ2v) is 7.31. The summed E-state index contributed by atoms with van der Waals surface area (Å²) in [5, 5.41) is 4.05. The van der Waals surface area contributed by atoms with E-state index in [1.54, 1.807) is 0 Å². The van der Waals surface area contributed by atoms with Crippen LogP contribution in [-0.2, 0) is 0 Å². The third-order valence-corrected chi connectivity index (χ3v) is 5.43. The van der Waals surface area contributed by atoms with Crippen molar-refractivity contribution in [1.82, 2.24) is 5.32 Å². The minimum absolute atomic E-state index is 0.831. The molecule has 1 N–H and O–H groups in total. The molecule has 0 atom stereocenters. The van der Waals surface area contributed by atoms with Gasteiger partial charge in [0.2, 0.25) is 0 Å². The van der Waals surface area contributed by atoms with Crippen molar-refractivity contribution in [2.75, 3.05) is 0 Å². The van der Waals surface area contributed by atoms with E-state index in [2.05, 4.69) is 5.32 Å². The third kappa shape index (κ3) is 7.11. The van der Waals surface area contributed by atoms with E-state index in [0.717, 1.165) is 12.1 Å². The lowest BCUT2D eigenvalue weighted by molar-refractivity contribution is 0.342. The molecular weight excluding hydrogens is 242 g/mol. The van der Waals surface area contributed by atoms with Crippen LogP contribution in [0, 0.1) is 0 Å². The fourth-order valence-corrected chi connectivity index (χ4v) is 4.11. The maximum absolute atomic E-state index is 4.05. The molecule has 0 aliphatic heterocycles. The van der Waals surface area contributed by atoms with Gasteiger partial charge in [-0.15, -0.1) is 0 Å². The molecule has 0 saturated heterocycles. The van der Waals surface area contributed by atoms with Crippen molar-refractivity contribution >= 4 is 0 Å². The highest BCUT2D eigenvalue weighted by molar-refractivity contribution is 4.77. The van der Waals surface area contributed by atoms with Crippen molar-refractivity contribution in [1.29, 1.82) is 0 Å². The van der Waals surface area contributed by atoms with Gasteiger partial charge in [0.15, 0.2) is 0 Å². The van der Waals surface area contributed by atoms with Gasteiger partial charge in [-0.3, -0.25) is 0 Å². The van der Waals surface area contributed by atoms with E-state index in [1.165, 1.54) is 109 Å². The molecule has 0 amide bonds. The Balaban J connectivity index is 1.72. The smallest absolute Gasteiger partial charge is 0.00696 e. The van der Waals surface area contributed by atoms with Gasteiger partial charge in [0.1, 0.15) is 0 Å². The summed E-state index contributed by atoms with van der Waals surface area (Å²) in [5.74, 6) is 0. The first kappa shape index (κ1) is 16.3. The molecule has 0 spiro atoms. The number of hydrogen-bond acceptors (Lipinski definition) is 1. The van der Waals surface area contributed by atoms with Crippen molar-refractivity contribution in [2.45, 2.75) is 121 Å². The number of nitrogens with one attached hydrogen (secondary N) is 1. The fraction of sp³-hybridized carbons (Fsp3) is 1.00. The Bertz CT molecular complexity index is 206. The van der Waals surface area contributed by atoms with E-state index in [4.69, 9.17) is 0 Å². The van der Waals surface area contributed by atoms with E-state index < -0.39 is 0 Å². The second kappa shape index (κ2) is 10.7. The molecule has 0 radical (unpaired) electrons. The average Bonchev–Trinajstić information content (AvgIpc) is 2.70. The normalized spacial score (nSPS) is 26.4. The Labute approximate surface area is 127 Å². The summed E-state index contributed by atoms with van der Waals surface area (Å²) in [6.07, 6.45) is 24.9. The lowest BCUT2D eigenvalue weighted by atomic mass is 9.96. The SMILES string of the molecule is C1CCCCCC(NC2CCCCCC2)CCCCC1. The lowest BCUT2D eigenvalue weighted by Crippen LogP contribution is -2.38. The third-order valence-electron chi connectivity index (χ3n) is 5.43.